The Morgan fingerprint density at radius 2 is 1.45 bits per heavy atom. The number of unbranched alkanes of at least 4 members (excludes halogenated alkanes) is 2. The van der Waals surface area contributed by atoms with Crippen molar-refractivity contribution < 1.29 is 5.11 Å². The van der Waals surface area contributed by atoms with Gasteiger partial charge in [0.1, 0.15) is 5.75 Å². The van der Waals surface area contributed by atoms with Crippen LogP contribution in [0, 0.1) is 0 Å². The molecule has 2 aromatic rings. The molecule has 0 unspecified atom stereocenters. The summed E-state index contributed by atoms with van der Waals surface area (Å²) in [5, 5.41) is 10.1. The maximum atomic E-state index is 10.1. The smallest absolute Gasteiger partial charge is 0.115 e. The Hall–Kier alpha value is -1.76. The minimum atomic E-state index is 0.0939. The molecule has 3 rings (SSSR count). The molecule has 2 aromatic carbocycles. The van der Waals surface area contributed by atoms with E-state index in [1.807, 2.05) is 12.1 Å². The monoisotopic (exact) mass is 294 g/mol. The lowest BCUT2D eigenvalue weighted by Crippen LogP contribution is -2.25. The van der Waals surface area contributed by atoms with Crippen LogP contribution in [-0.4, -0.2) is 5.11 Å². The molecule has 0 amide bonds. The van der Waals surface area contributed by atoms with Crippen LogP contribution < -0.4 is 0 Å². The summed E-state index contributed by atoms with van der Waals surface area (Å²) in [6.07, 6.45) is 7.24. The van der Waals surface area contributed by atoms with Gasteiger partial charge in [0.2, 0.25) is 0 Å². The first kappa shape index (κ1) is 15.1. The van der Waals surface area contributed by atoms with Crippen LogP contribution >= 0.6 is 0 Å². The molecule has 22 heavy (non-hydrogen) atoms. The van der Waals surface area contributed by atoms with Gasteiger partial charge < -0.3 is 5.11 Å². The first-order valence-electron chi connectivity index (χ1n) is 8.66. The maximum Gasteiger partial charge on any atom is 0.115 e. The second kappa shape index (κ2) is 6.16. The lowest BCUT2D eigenvalue weighted by molar-refractivity contribution is 0.410. The summed E-state index contributed by atoms with van der Waals surface area (Å²) in [6.45, 7) is 4.52. The van der Waals surface area contributed by atoms with Crippen molar-refractivity contribution in [3.63, 3.8) is 0 Å². The molecule has 0 spiro atoms. The van der Waals surface area contributed by atoms with Gasteiger partial charge in [-0.05, 0) is 47.2 Å². The molecule has 0 heterocycles. The van der Waals surface area contributed by atoms with Crippen LogP contribution in [0.4, 0.5) is 0 Å². The summed E-state index contributed by atoms with van der Waals surface area (Å²) < 4.78 is 0. The van der Waals surface area contributed by atoms with Crippen LogP contribution in [-0.2, 0) is 5.41 Å². The molecule has 1 heteroatoms. The van der Waals surface area contributed by atoms with Gasteiger partial charge in [0.15, 0.2) is 0 Å². The summed E-state index contributed by atoms with van der Waals surface area (Å²) in [6, 6.07) is 14.8. The van der Waals surface area contributed by atoms with Crippen LogP contribution in [0.1, 0.15) is 63.5 Å². The summed E-state index contributed by atoms with van der Waals surface area (Å²) >= 11 is 0. The van der Waals surface area contributed by atoms with Gasteiger partial charge in [-0.15, -0.1) is 0 Å². The largest absolute Gasteiger partial charge is 0.508 e. The zero-order chi connectivity index (χ0) is 15.6. The highest BCUT2D eigenvalue weighted by Gasteiger charge is 2.41. The van der Waals surface area contributed by atoms with Gasteiger partial charge in [0.25, 0.3) is 0 Å². The first-order chi connectivity index (χ1) is 10.7. The number of benzene rings is 2. The van der Waals surface area contributed by atoms with Gasteiger partial charge >= 0.3 is 0 Å². The SMILES string of the molecule is CCCCC1(CCCC)c2ccccc2-c2ccc(O)cc21. The number of aromatic hydroxyl groups is 1. The molecule has 0 bridgehead atoms. The zero-order valence-electron chi connectivity index (χ0n) is 13.7. The van der Waals surface area contributed by atoms with Gasteiger partial charge in [-0.1, -0.05) is 69.9 Å². The van der Waals surface area contributed by atoms with E-state index in [-0.39, 0.29) is 5.41 Å². The van der Waals surface area contributed by atoms with Crippen molar-refractivity contribution in [2.45, 2.75) is 57.8 Å². The molecule has 1 nitrogen and oxygen atoms in total. The van der Waals surface area contributed by atoms with Crippen molar-refractivity contribution in [2.24, 2.45) is 0 Å². The van der Waals surface area contributed by atoms with Crippen molar-refractivity contribution in [3.8, 4) is 16.9 Å². The highest BCUT2D eigenvalue weighted by Crippen LogP contribution is 2.54. The average Bonchev–Trinajstić information content (AvgIpc) is 2.81. The minimum absolute atomic E-state index is 0.0939. The van der Waals surface area contributed by atoms with E-state index in [1.165, 1.54) is 60.8 Å². The molecule has 0 saturated heterocycles. The predicted molar refractivity (Wildman–Crippen MR) is 93.4 cm³/mol. The Morgan fingerprint density at radius 3 is 2.14 bits per heavy atom. The Kier molecular flexibility index (Phi) is 4.24. The van der Waals surface area contributed by atoms with E-state index in [1.54, 1.807) is 0 Å². The number of hydrogen-bond donors (Lipinski definition) is 1. The van der Waals surface area contributed by atoms with Crippen molar-refractivity contribution in [2.75, 3.05) is 0 Å². The Morgan fingerprint density at radius 1 is 0.818 bits per heavy atom. The molecule has 0 aliphatic heterocycles. The standard InChI is InChI=1S/C21H26O/c1-3-5-13-21(14-6-4-2)19-10-8-7-9-17(19)18-12-11-16(22)15-20(18)21/h7-12,15,22H,3-6,13-14H2,1-2H3. The molecule has 0 fully saturated rings. The van der Waals surface area contributed by atoms with E-state index in [2.05, 4.69) is 44.2 Å². The number of phenols is 1. The normalized spacial score (nSPS) is 14.6. The fourth-order valence-corrected chi connectivity index (χ4v) is 4.06. The Bertz CT molecular complexity index is 649. The lowest BCUT2D eigenvalue weighted by atomic mass is 9.71. The van der Waals surface area contributed by atoms with Gasteiger partial charge in [-0.2, -0.15) is 0 Å². The van der Waals surface area contributed by atoms with E-state index in [9.17, 15) is 5.11 Å². The summed E-state index contributed by atoms with van der Waals surface area (Å²) in [5.74, 6) is 0.393. The van der Waals surface area contributed by atoms with Crippen molar-refractivity contribution in [1.82, 2.24) is 0 Å². The van der Waals surface area contributed by atoms with Crippen LogP contribution in [0.15, 0.2) is 42.5 Å². The van der Waals surface area contributed by atoms with Crippen LogP contribution in [0.2, 0.25) is 0 Å². The third-order valence-electron chi connectivity index (χ3n) is 5.17. The maximum absolute atomic E-state index is 10.1. The van der Waals surface area contributed by atoms with Crippen molar-refractivity contribution in [3.05, 3.63) is 53.6 Å². The topological polar surface area (TPSA) is 20.2 Å². The van der Waals surface area contributed by atoms with E-state index in [4.69, 9.17) is 0 Å². The molecule has 116 valence electrons. The number of fused-ring (bicyclic) bond motifs is 3. The third-order valence-corrected chi connectivity index (χ3v) is 5.17. The highest BCUT2D eigenvalue weighted by molar-refractivity contribution is 5.81. The molecular formula is C21H26O. The van der Waals surface area contributed by atoms with E-state index in [0.29, 0.717) is 5.75 Å². The summed E-state index contributed by atoms with van der Waals surface area (Å²) in [4.78, 5) is 0. The number of rotatable bonds is 6. The van der Waals surface area contributed by atoms with Gasteiger partial charge in [0, 0.05) is 5.41 Å². The molecule has 1 aliphatic rings. The lowest BCUT2D eigenvalue weighted by Gasteiger charge is -2.32. The summed E-state index contributed by atoms with van der Waals surface area (Å²) in [5.41, 5.74) is 5.59. The molecule has 0 atom stereocenters. The number of hydrogen-bond acceptors (Lipinski definition) is 1. The van der Waals surface area contributed by atoms with Crippen molar-refractivity contribution in [1.29, 1.82) is 0 Å². The molecule has 0 aromatic heterocycles. The molecule has 1 aliphatic carbocycles. The second-order valence-electron chi connectivity index (χ2n) is 6.56. The first-order valence-corrected chi connectivity index (χ1v) is 8.66. The molecule has 0 radical (unpaired) electrons. The quantitative estimate of drug-likeness (QED) is 0.688. The summed E-state index contributed by atoms with van der Waals surface area (Å²) in [7, 11) is 0. The van der Waals surface area contributed by atoms with Gasteiger partial charge in [-0.25, -0.2) is 0 Å². The van der Waals surface area contributed by atoms with Gasteiger partial charge in [-0.3, -0.25) is 0 Å². The van der Waals surface area contributed by atoms with Crippen LogP contribution in [0.3, 0.4) is 0 Å². The Balaban J connectivity index is 2.20. The van der Waals surface area contributed by atoms with E-state index in [0.717, 1.165) is 0 Å². The predicted octanol–water partition coefficient (Wildman–Crippen LogP) is 6.04. The minimum Gasteiger partial charge on any atom is -0.508 e. The fraction of sp³-hybridized carbons (Fsp3) is 0.429. The van der Waals surface area contributed by atoms with Crippen LogP contribution in [0.25, 0.3) is 11.1 Å². The molecule has 1 N–H and O–H groups in total. The molecule has 0 saturated carbocycles. The Labute approximate surface area is 134 Å². The number of phenolic OH excluding ortho intramolecular Hbond substituents is 1. The third kappa shape index (κ3) is 2.33. The van der Waals surface area contributed by atoms with Crippen LogP contribution in [0.5, 0.6) is 5.75 Å². The van der Waals surface area contributed by atoms with Gasteiger partial charge in [0.05, 0.1) is 0 Å². The van der Waals surface area contributed by atoms with E-state index < -0.39 is 0 Å². The van der Waals surface area contributed by atoms with Crippen molar-refractivity contribution >= 4 is 0 Å². The highest BCUT2D eigenvalue weighted by atomic mass is 16.3. The second-order valence-corrected chi connectivity index (χ2v) is 6.56. The fourth-order valence-electron chi connectivity index (χ4n) is 4.06. The average molecular weight is 294 g/mol. The molecular weight excluding hydrogens is 268 g/mol. The zero-order valence-corrected chi connectivity index (χ0v) is 13.7. The van der Waals surface area contributed by atoms with E-state index >= 15 is 0 Å².